The van der Waals surface area contributed by atoms with E-state index >= 15 is 0 Å². The molecule has 1 N–H and O–H groups in total. The van der Waals surface area contributed by atoms with E-state index < -0.39 is 0 Å². The Hall–Kier alpha value is 0.140. The second-order valence-corrected chi connectivity index (χ2v) is 5.16. The van der Waals surface area contributed by atoms with Crippen molar-refractivity contribution < 1.29 is 0 Å². The van der Waals surface area contributed by atoms with E-state index in [1.165, 1.54) is 22.3 Å². The largest absolute Gasteiger partial charge is 0.316 e. The molecule has 0 spiro atoms. The fourth-order valence-electron chi connectivity index (χ4n) is 1.48. The molecule has 1 saturated heterocycles. The molecule has 0 radical (unpaired) electrons. The summed E-state index contributed by atoms with van der Waals surface area (Å²) in [5, 5.41) is 5.62. The van der Waals surface area contributed by atoms with Crippen molar-refractivity contribution in [1.82, 2.24) is 5.32 Å². The van der Waals surface area contributed by atoms with Crippen LogP contribution in [0.5, 0.6) is 0 Å². The summed E-state index contributed by atoms with van der Waals surface area (Å²) in [6, 6.07) is 2.24. The van der Waals surface area contributed by atoms with Crippen molar-refractivity contribution in [3.63, 3.8) is 0 Å². The van der Waals surface area contributed by atoms with Gasteiger partial charge in [-0.1, -0.05) is 0 Å². The molecule has 11 heavy (non-hydrogen) atoms. The first-order valence-electron chi connectivity index (χ1n) is 3.81. The number of rotatable bonds is 1. The molecule has 0 amide bonds. The van der Waals surface area contributed by atoms with Crippen molar-refractivity contribution in [3.05, 3.63) is 20.8 Å². The molecule has 0 saturated carbocycles. The van der Waals surface area contributed by atoms with Gasteiger partial charge < -0.3 is 5.32 Å². The molecule has 3 heteroatoms. The van der Waals surface area contributed by atoms with Crippen molar-refractivity contribution in [2.24, 2.45) is 0 Å². The number of hydrogen-bond donors (Lipinski definition) is 1. The van der Waals surface area contributed by atoms with Gasteiger partial charge in [0.1, 0.15) is 0 Å². The highest BCUT2D eigenvalue weighted by molar-refractivity contribution is 9.11. The third-order valence-corrected chi connectivity index (χ3v) is 3.64. The van der Waals surface area contributed by atoms with E-state index in [2.05, 4.69) is 32.7 Å². The molecule has 1 aromatic heterocycles. The zero-order valence-electron chi connectivity index (χ0n) is 6.14. The van der Waals surface area contributed by atoms with Gasteiger partial charge in [-0.05, 0) is 51.8 Å². The smallest absolute Gasteiger partial charge is 0.0701 e. The molecule has 1 aliphatic heterocycles. The zero-order valence-corrected chi connectivity index (χ0v) is 8.54. The number of halogens is 1. The van der Waals surface area contributed by atoms with Crippen molar-refractivity contribution >= 4 is 27.3 Å². The molecule has 1 aliphatic rings. The normalized spacial score (nSPS) is 24.3. The van der Waals surface area contributed by atoms with Gasteiger partial charge in [0.15, 0.2) is 0 Å². The first-order valence-corrected chi connectivity index (χ1v) is 5.48. The van der Waals surface area contributed by atoms with Crippen molar-refractivity contribution in [2.45, 2.75) is 12.3 Å². The minimum Gasteiger partial charge on any atom is -0.316 e. The molecule has 1 nitrogen and oxygen atoms in total. The molecular formula is C8H10BrNS. The van der Waals surface area contributed by atoms with Crippen molar-refractivity contribution in [3.8, 4) is 0 Å². The van der Waals surface area contributed by atoms with Crippen LogP contribution in [0.2, 0.25) is 0 Å². The fraction of sp³-hybridized carbons (Fsp3) is 0.500. The van der Waals surface area contributed by atoms with Gasteiger partial charge in [0, 0.05) is 6.54 Å². The predicted octanol–water partition coefficient (Wildman–Crippen LogP) is 2.59. The van der Waals surface area contributed by atoms with E-state index in [9.17, 15) is 0 Å². The third kappa shape index (κ3) is 1.66. The van der Waals surface area contributed by atoms with Gasteiger partial charge in [-0.25, -0.2) is 0 Å². The van der Waals surface area contributed by atoms with Gasteiger partial charge in [-0.3, -0.25) is 0 Å². The summed E-state index contributed by atoms with van der Waals surface area (Å²) in [6.45, 7) is 2.33. The lowest BCUT2D eigenvalue weighted by atomic mass is 10.0. The molecule has 1 unspecified atom stereocenters. The zero-order chi connectivity index (χ0) is 7.68. The van der Waals surface area contributed by atoms with Crippen molar-refractivity contribution in [1.29, 1.82) is 0 Å². The standard InChI is InChI=1S/C8H10BrNS/c9-8-3-7(5-11-8)6-1-2-10-4-6/h3,5-6,10H,1-2,4H2. The molecule has 1 aromatic rings. The topological polar surface area (TPSA) is 12.0 Å². The van der Waals surface area contributed by atoms with Crippen LogP contribution >= 0.6 is 27.3 Å². The van der Waals surface area contributed by atoms with E-state index in [1.807, 2.05) is 0 Å². The average molecular weight is 232 g/mol. The Kier molecular flexibility index (Phi) is 2.30. The van der Waals surface area contributed by atoms with Crippen LogP contribution in [0, 0.1) is 0 Å². The Labute approximate surface area is 78.9 Å². The van der Waals surface area contributed by atoms with Gasteiger partial charge >= 0.3 is 0 Å². The number of nitrogens with one attached hydrogen (secondary N) is 1. The summed E-state index contributed by atoms with van der Waals surface area (Å²) in [6.07, 6.45) is 1.29. The Morgan fingerprint density at radius 3 is 3.09 bits per heavy atom. The molecule has 0 aliphatic carbocycles. The molecule has 0 bridgehead atoms. The molecule has 2 rings (SSSR count). The highest BCUT2D eigenvalue weighted by Gasteiger charge is 2.16. The SMILES string of the molecule is Brc1cc(C2CCNC2)cs1. The first kappa shape index (κ1) is 7.77. The summed E-state index contributed by atoms with van der Waals surface area (Å²) in [5.74, 6) is 0.762. The lowest BCUT2D eigenvalue weighted by Crippen LogP contribution is -2.07. The Morgan fingerprint density at radius 1 is 1.64 bits per heavy atom. The minimum atomic E-state index is 0.762. The van der Waals surface area contributed by atoms with Crippen LogP contribution in [0.15, 0.2) is 15.2 Å². The van der Waals surface area contributed by atoms with Crippen molar-refractivity contribution in [2.75, 3.05) is 13.1 Å². The predicted molar refractivity (Wildman–Crippen MR) is 52.2 cm³/mol. The van der Waals surface area contributed by atoms with Gasteiger partial charge in [0.2, 0.25) is 0 Å². The van der Waals surface area contributed by atoms with Crippen LogP contribution in [0.1, 0.15) is 17.9 Å². The molecular weight excluding hydrogens is 222 g/mol. The Morgan fingerprint density at radius 2 is 2.55 bits per heavy atom. The van der Waals surface area contributed by atoms with Crippen LogP contribution in [0.25, 0.3) is 0 Å². The second kappa shape index (κ2) is 3.25. The average Bonchev–Trinajstić information content (AvgIpc) is 2.55. The van der Waals surface area contributed by atoms with Crippen LogP contribution in [-0.2, 0) is 0 Å². The summed E-state index contributed by atoms with van der Waals surface area (Å²) < 4.78 is 1.25. The molecule has 2 heterocycles. The monoisotopic (exact) mass is 231 g/mol. The quantitative estimate of drug-likeness (QED) is 0.784. The second-order valence-electron chi connectivity index (χ2n) is 2.87. The van der Waals surface area contributed by atoms with E-state index in [0.717, 1.165) is 12.5 Å². The fourth-order valence-corrected chi connectivity index (χ4v) is 2.73. The van der Waals surface area contributed by atoms with Gasteiger partial charge in [-0.15, -0.1) is 11.3 Å². The van der Waals surface area contributed by atoms with Crippen LogP contribution < -0.4 is 5.32 Å². The summed E-state index contributed by atoms with van der Waals surface area (Å²) in [5.41, 5.74) is 1.49. The van der Waals surface area contributed by atoms with E-state index in [-0.39, 0.29) is 0 Å². The van der Waals surface area contributed by atoms with Gasteiger partial charge in [0.25, 0.3) is 0 Å². The maximum atomic E-state index is 3.48. The maximum absolute atomic E-state index is 3.48. The van der Waals surface area contributed by atoms with Crippen LogP contribution in [0.4, 0.5) is 0 Å². The highest BCUT2D eigenvalue weighted by atomic mass is 79.9. The lowest BCUT2D eigenvalue weighted by Gasteiger charge is -2.02. The number of hydrogen-bond acceptors (Lipinski definition) is 2. The lowest BCUT2D eigenvalue weighted by molar-refractivity contribution is 0.766. The van der Waals surface area contributed by atoms with E-state index in [0.29, 0.717) is 0 Å². The Bertz CT molecular complexity index is 240. The highest BCUT2D eigenvalue weighted by Crippen LogP contribution is 2.29. The first-order chi connectivity index (χ1) is 5.36. The van der Waals surface area contributed by atoms with E-state index in [4.69, 9.17) is 0 Å². The van der Waals surface area contributed by atoms with Gasteiger partial charge in [-0.2, -0.15) is 0 Å². The molecule has 0 aromatic carbocycles. The maximum Gasteiger partial charge on any atom is 0.0701 e. The third-order valence-electron chi connectivity index (χ3n) is 2.12. The number of thiophene rings is 1. The van der Waals surface area contributed by atoms with Gasteiger partial charge in [0.05, 0.1) is 3.79 Å². The Balaban J connectivity index is 2.15. The summed E-state index contributed by atoms with van der Waals surface area (Å²) in [4.78, 5) is 0. The molecule has 60 valence electrons. The molecule has 1 fully saturated rings. The van der Waals surface area contributed by atoms with E-state index in [1.54, 1.807) is 11.3 Å². The molecule has 1 atom stereocenters. The minimum absolute atomic E-state index is 0.762. The summed E-state index contributed by atoms with van der Waals surface area (Å²) >= 11 is 5.26. The van der Waals surface area contributed by atoms with Crippen LogP contribution in [0.3, 0.4) is 0 Å². The van der Waals surface area contributed by atoms with Crippen LogP contribution in [-0.4, -0.2) is 13.1 Å². The summed E-state index contributed by atoms with van der Waals surface area (Å²) in [7, 11) is 0.